The largest absolute Gasteiger partial charge is 0.375 e. The number of ether oxygens (including phenoxy) is 1. The molecule has 1 spiro atoms. The number of hydrogen-bond donors (Lipinski definition) is 2. The minimum absolute atomic E-state index is 0.0161. The van der Waals surface area contributed by atoms with Crippen molar-refractivity contribution in [2.45, 2.75) is 43.7 Å². The number of nitrogens with one attached hydrogen (secondary N) is 1. The summed E-state index contributed by atoms with van der Waals surface area (Å²) in [5, 5.41) is 1.35. The van der Waals surface area contributed by atoms with E-state index in [2.05, 4.69) is 5.43 Å². The van der Waals surface area contributed by atoms with Gasteiger partial charge in [-0.2, -0.15) is 0 Å². The molecule has 1 aliphatic heterocycles. The molecule has 1 heterocycles. The number of rotatable bonds is 3. The molecule has 0 aromatic heterocycles. The molecule has 2 atom stereocenters. The van der Waals surface area contributed by atoms with Crippen LogP contribution in [0.3, 0.4) is 0 Å². The van der Waals surface area contributed by atoms with Crippen molar-refractivity contribution in [3.63, 3.8) is 0 Å². The van der Waals surface area contributed by atoms with E-state index in [4.69, 9.17) is 33.8 Å². The Morgan fingerprint density at radius 2 is 2.00 bits per heavy atom. The second-order valence-corrected chi connectivity index (χ2v) is 6.73. The molecular formula is C15H20Cl2N2O. The van der Waals surface area contributed by atoms with Crippen LogP contribution in [0, 0.1) is 5.92 Å². The number of hydrogen-bond acceptors (Lipinski definition) is 3. The SMILES string of the molecule is NNC(c1c(Cl)cccc1Cl)C1CCOC2(CCC2)C1. The minimum Gasteiger partial charge on any atom is -0.375 e. The topological polar surface area (TPSA) is 47.3 Å². The van der Waals surface area contributed by atoms with Crippen LogP contribution in [0.1, 0.15) is 43.7 Å². The first-order chi connectivity index (χ1) is 9.65. The van der Waals surface area contributed by atoms with Gasteiger partial charge < -0.3 is 4.74 Å². The van der Waals surface area contributed by atoms with Crippen LogP contribution in [0.4, 0.5) is 0 Å². The maximum absolute atomic E-state index is 6.33. The Morgan fingerprint density at radius 3 is 2.55 bits per heavy atom. The van der Waals surface area contributed by atoms with Gasteiger partial charge in [-0.25, -0.2) is 0 Å². The molecule has 0 bridgehead atoms. The van der Waals surface area contributed by atoms with E-state index < -0.39 is 0 Å². The Balaban J connectivity index is 1.86. The molecule has 2 aliphatic rings. The lowest BCUT2D eigenvalue weighted by molar-refractivity contribution is -0.147. The molecule has 1 aromatic carbocycles. The van der Waals surface area contributed by atoms with Crippen LogP contribution < -0.4 is 11.3 Å². The molecule has 2 unspecified atom stereocenters. The van der Waals surface area contributed by atoms with Crippen LogP contribution in [0.2, 0.25) is 10.0 Å². The molecule has 3 rings (SSSR count). The van der Waals surface area contributed by atoms with Crippen LogP contribution in [0.15, 0.2) is 18.2 Å². The zero-order valence-corrected chi connectivity index (χ0v) is 12.9. The summed E-state index contributed by atoms with van der Waals surface area (Å²) >= 11 is 12.7. The van der Waals surface area contributed by atoms with E-state index >= 15 is 0 Å². The van der Waals surface area contributed by atoms with Crippen LogP contribution in [-0.4, -0.2) is 12.2 Å². The molecule has 2 fully saturated rings. The normalized spacial score (nSPS) is 26.2. The third-order valence-corrected chi connectivity index (χ3v) is 5.42. The van der Waals surface area contributed by atoms with Gasteiger partial charge >= 0.3 is 0 Å². The van der Waals surface area contributed by atoms with Crippen LogP contribution in [0.5, 0.6) is 0 Å². The average Bonchev–Trinajstić information content (AvgIpc) is 2.41. The van der Waals surface area contributed by atoms with E-state index in [0.717, 1.165) is 37.9 Å². The molecule has 5 heteroatoms. The summed E-state index contributed by atoms with van der Waals surface area (Å²) < 4.78 is 5.99. The van der Waals surface area contributed by atoms with Gasteiger partial charge in [-0.15, -0.1) is 0 Å². The molecule has 3 nitrogen and oxygen atoms in total. The second kappa shape index (κ2) is 5.82. The Bertz CT molecular complexity index is 471. The molecule has 1 saturated heterocycles. The van der Waals surface area contributed by atoms with Crippen molar-refractivity contribution in [1.29, 1.82) is 0 Å². The summed E-state index contributed by atoms with van der Waals surface area (Å²) in [6.45, 7) is 0.797. The smallest absolute Gasteiger partial charge is 0.0686 e. The first-order valence-electron chi connectivity index (χ1n) is 7.19. The van der Waals surface area contributed by atoms with Crippen molar-refractivity contribution >= 4 is 23.2 Å². The average molecular weight is 315 g/mol. The highest BCUT2D eigenvalue weighted by Gasteiger charge is 2.44. The van der Waals surface area contributed by atoms with Gasteiger partial charge in [0.1, 0.15) is 0 Å². The van der Waals surface area contributed by atoms with Crippen molar-refractivity contribution in [2.24, 2.45) is 11.8 Å². The van der Waals surface area contributed by atoms with E-state index in [-0.39, 0.29) is 11.6 Å². The fraction of sp³-hybridized carbons (Fsp3) is 0.600. The lowest BCUT2D eigenvalue weighted by atomic mass is 9.70. The van der Waals surface area contributed by atoms with Gasteiger partial charge in [-0.1, -0.05) is 29.3 Å². The summed E-state index contributed by atoms with van der Waals surface area (Å²) in [5.41, 5.74) is 3.94. The van der Waals surface area contributed by atoms with Crippen molar-refractivity contribution in [3.05, 3.63) is 33.8 Å². The van der Waals surface area contributed by atoms with Gasteiger partial charge in [-0.05, 0) is 50.2 Å². The van der Waals surface area contributed by atoms with Gasteiger partial charge in [0.15, 0.2) is 0 Å². The third-order valence-electron chi connectivity index (χ3n) is 4.76. The highest BCUT2D eigenvalue weighted by molar-refractivity contribution is 6.36. The summed E-state index contributed by atoms with van der Waals surface area (Å²) in [4.78, 5) is 0. The van der Waals surface area contributed by atoms with E-state index in [1.54, 1.807) is 0 Å². The molecule has 0 radical (unpaired) electrons. The Hall–Kier alpha value is -0.320. The van der Waals surface area contributed by atoms with Gasteiger partial charge in [0.2, 0.25) is 0 Å². The van der Waals surface area contributed by atoms with Gasteiger partial charge in [0.25, 0.3) is 0 Å². The van der Waals surface area contributed by atoms with E-state index in [9.17, 15) is 0 Å². The van der Waals surface area contributed by atoms with E-state index in [1.807, 2.05) is 18.2 Å². The first-order valence-corrected chi connectivity index (χ1v) is 7.95. The fourth-order valence-corrected chi connectivity index (χ4v) is 4.17. The van der Waals surface area contributed by atoms with Crippen LogP contribution in [0.25, 0.3) is 0 Å². The summed E-state index contributed by atoms with van der Waals surface area (Å²) in [7, 11) is 0. The quantitative estimate of drug-likeness (QED) is 0.658. The Morgan fingerprint density at radius 1 is 1.30 bits per heavy atom. The second-order valence-electron chi connectivity index (χ2n) is 5.92. The van der Waals surface area contributed by atoms with Crippen molar-refractivity contribution in [2.75, 3.05) is 6.61 Å². The lowest BCUT2D eigenvalue weighted by Crippen LogP contribution is -2.48. The van der Waals surface area contributed by atoms with E-state index in [1.165, 1.54) is 6.42 Å². The molecular weight excluding hydrogens is 295 g/mol. The number of hydrazine groups is 1. The van der Waals surface area contributed by atoms with Crippen LogP contribution in [-0.2, 0) is 4.74 Å². The number of halogens is 2. The van der Waals surface area contributed by atoms with Gasteiger partial charge in [0, 0.05) is 22.2 Å². The standard InChI is InChI=1S/C15H20Cl2N2O/c16-11-3-1-4-12(17)13(11)14(19-18)10-5-8-20-15(9-10)6-2-7-15/h1,3-4,10,14,19H,2,5-9,18H2. The maximum atomic E-state index is 6.33. The first kappa shape index (κ1) is 14.6. The summed E-state index contributed by atoms with van der Waals surface area (Å²) in [6.07, 6.45) is 5.61. The number of benzene rings is 1. The van der Waals surface area contributed by atoms with Crippen molar-refractivity contribution in [3.8, 4) is 0 Å². The molecule has 3 N–H and O–H groups in total. The molecule has 20 heavy (non-hydrogen) atoms. The van der Waals surface area contributed by atoms with E-state index in [0.29, 0.717) is 16.0 Å². The van der Waals surface area contributed by atoms with Crippen molar-refractivity contribution in [1.82, 2.24) is 5.43 Å². The Labute approximate surface area is 129 Å². The molecule has 1 saturated carbocycles. The maximum Gasteiger partial charge on any atom is 0.0686 e. The highest BCUT2D eigenvalue weighted by atomic mass is 35.5. The fourth-order valence-electron chi connectivity index (χ4n) is 3.53. The monoisotopic (exact) mass is 314 g/mol. The summed E-state index contributed by atoms with van der Waals surface area (Å²) in [6, 6.07) is 5.58. The zero-order chi connectivity index (χ0) is 14.2. The van der Waals surface area contributed by atoms with Gasteiger partial charge in [0.05, 0.1) is 11.6 Å². The van der Waals surface area contributed by atoms with Crippen molar-refractivity contribution < 1.29 is 4.74 Å². The van der Waals surface area contributed by atoms with Gasteiger partial charge in [-0.3, -0.25) is 11.3 Å². The lowest BCUT2D eigenvalue weighted by Gasteiger charge is -2.48. The molecule has 110 valence electrons. The molecule has 1 aliphatic carbocycles. The predicted octanol–water partition coefficient (Wildman–Crippen LogP) is 3.85. The molecule has 1 aromatic rings. The highest BCUT2D eigenvalue weighted by Crippen LogP contribution is 2.48. The summed E-state index contributed by atoms with van der Waals surface area (Å²) in [5.74, 6) is 6.22. The predicted molar refractivity (Wildman–Crippen MR) is 81.8 cm³/mol. The third kappa shape index (κ3) is 2.58. The minimum atomic E-state index is -0.0161. The number of nitrogens with two attached hydrogens (primary N) is 1. The zero-order valence-electron chi connectivity index (χ0n) is 11.4. The van der Waals surface area contributed by atoms with Crippen LogP contribution >= 0.6 is 23.2 Å². The Kier molecular flexibility index (Phi) is 4.25. The molecule has 0 amide bonds.